The normalized spacial score (nSPS) is 14.1. The predicted molar refractivity (Wildman–Crippen MR) is 127 cm³/mol. The molecule has 4 heteroatoms. The highest BCUT2D eigenvalue weighted by Crippen LogP contribution is 2.38. The molecule has 0 saturated carbocycles. The Morgan fingerprint density at radius 3 is 2.59 bits per heavy atom. The average Bonchev–Trinajstić information content (AvgIpc) is 3.31. The zero-order chi connectivity index (χ0) is 22.2. The van der Waals surface area contributed by atoms with E-state index in [0.717, 1.165) is 34.1 Å². The van der Waals surface area contributed by atoms with Gasteiger partial charge in [0.15, 0.2) is 5.76 Å². The summed E-state index contributed by atoms with van der Waals surface area (Å²) in [6, 6.07) is 20.2. The lowest BCUT2D eigenvalue weighted by molar-refractivity contribution is 0.101. The second-order valence-corrected chi connectivity index (χ2v) is 8.21. The first-order valence-corrected chi connectivity index (χ1v) is 10.9. The summed E-state index contributed by atoms with van der Waals surface area (Å²) in [6.07, 6.45) is 3.92. The maximum atomic E-state index is 13.1. The van der Waals surface area contributed by atoms with Crippen LogP contribution in [0.15, 0.2) is 72.6 Å². The van der Waals surface area contributed by atoms with Gasteiger partial charge in [0.05, 0.1) is 5.56 Å². The maximum absolute atomic E-state index is 13.1. The van der Waals surface area contributed by atoms with E-state index in [-0.39, 0.29) is 5.78 Å². The van der Waals surface area contributed by atoms with Crippen LogP contribution in [0.25, 0.3) is 17.0 Å². The van der Waals surface area contributed by atoms with Gasteiger partial charge in [-0.2, -0.15) is 0 Å². The van der Waals surface area contributed by atoms with Gasteiger partial charge in [0.2, 0.25) is 5.78 Å². The van der Waals surface area contributed by atoms with Crippen LogP contribution in [0, 0.1) is 13.8 Å². The van der Waals surface area contributed by atoms with Gasteiger partial charge in [-0.3, -0.25) is 4.79 Å². The molecule has 3 aromatic carbocycles. The molecule has 2 heterocycles. The summed E-state index contributed by atoms with van der Waals surface area (Å²) in [5.41, 5.74) is 5.90. The smallest absolute Gasteiger partial charge is 0.232 e. The largest absolute Gasteiger partial charge is 0.489 e. The third-order valence-electron chi connectivity index (χ3n) is 5.92. The van der Waals surface area contributed by atoms with Crippen molar-refractivity contribution in [2.75, 3.05) is 0 Å². The first-order chi connectivity index (χ1) is 15.5. The molecule has 4 nitrogen and oxygen atoms in total. The van der Waals surface area contributed by atoms with Crippen LogP contribution in [-0.4, -0.2) is 10.4 Å². The fourth-order valence-electron chi connectivity index (χ4n) is 4.20. The molecule has 0 amide bonds. The number of hydrogen-bond acceptors (Lipinski definition) is 3. The number of allylic oxidation sites excluding steroid dienone is 1. The van der Waals surface area contributed by atoms with Crippen molar-refractivity contribution in [3.8, 4) is 11.5 Å². The summed E-state index contributed by atoms with van der Waals surface area (Å²) in [5.74, 6) is 1.51. The van der Waals surface area contributed by atoms with Crippen LogP contribution < -0.4 is 9.47 Å². The highest BCUT2D eigenvalue weighted by molar-refractivity contribution is 6.16. The number of para-hydroxylation sites is 1. The summed E-state index contributed by atoms with van der Waals surface area (Å²) in [7, 11) is 0. The van der Waals surface area contributed by atoms with Crippen LogP contribution in [-0.2, 0) is 13.2 Å². The van der Waals surface area contributed by atoms with Crippen LogP contribution in [0.3, 0.4) is 0 Å². The fourth-order valence-corrected chi connectivity index (χ4v) is 4.20. The van der Waals surface area contributed by atoms with E-state index in [1.54, 1.807) is 0 Å². The molecule has 0 radical (unpaired) electrons. The first-order valence-electron chi connectivity index (χ1n) is 10.9. The number of ether oxygens (including phenoxy) is 2. The van der Waals surface area contributed by atoms with Gasteiger partial charge in [-0.05, 0) is 50.1 Å². The third-order valence-corrected chi connectivity index (χ3v) is 5.92. The molecular formula is C28H25NO3. The van der Waals surface area contributed by atoms with Crippen LogP contribution >= 0.6 is 0 Å². The molecule has 0 fully saturated rings. The number of aryl methyl sites for hydroxylation is 3. The Labute approximate surface area is 187 Å². The molecule has 0 N–H and O–H groups in total. The minimum Gasteiger partial charge on any atom is -0.489 e. The monoisotopic (exact) mass is 423 g/mol. The van der Waals surface area contributed by atoms with E-state index in [9.17, 15) is 4.79 Å². The number of aromatic nitrogens is 1. The van der Waals surface area contributed by atoms with Crippen molar-refractivity contribution < 1.29 is 14.3 Å². The summed E-state index contributed by atoms with van der Waals surface area (Å²) in [5, 5.41) is 1.10. The van der Waals surface area contributed by atoms with E-state index in [0.29, 0.717) is 29.4 Å². The predicted octanol–water partition coefficient (Wildman–Crippen LogP) is 6.47. The molecule has 1 aromatic heterocycles. The number of fused-ring (bicyclic) bond motifs is 2. The summed E-state index contributed by atoms with van der Waals surface area (Å²) >= 11 is 0. The summed E-state index contributed by atoms with van der Waals surface area (Å²) < 4.78 is 14.2. The SMILES string of the molecule is CCn1cc(/C=C2\Oc3cc(OCc4ccc(C)cc4)cc(C)c3C2=O)c2ccccc21. The minimum absolute atomic E-state index is 0.0871. The Kier molecular flexibility index (Phi) is 5.06. The molecular weight excluding hydrogens is 398 g/mol. The molecule has 0 atom stereocenters. The molecule has 0 spiro atoms. The van der Waals surface area contributed by atoms with Crippen LogP contribution in [0.2, 0.25) is 0 Å². The lowest BCUT2D eigenvalue weighted by atomic mass is 10.0. The number of carbonyl (C=O) groups is 1. The topological polar surface area (TPSA) is 40.5 Å². The van der Waals surface area contributed by atoms with E-state index < -0.39 is 0 Å². The van der Waals surface area contributed by atoms with Gasteiger partial charge < -0.3 is 14.0 Å². The maximum Gasteiger partial charge on any atom is 0.232 e. The molecule has 0 unspecified atom stereocenters. The Balaban J connectivity index is 1.43. The van der Waals surface area contributed by atoms with Crippen LogP contribution in [0.4, 0.5) is 0 Å². The molecule has 5 rings (SSSR count). The van der Waals surface area contributed by atoms with Crippen LogP contribution in [0.5, 0.6) is 11.5 Å². The van der Waals surface area contributed by atoms with Crippen molar-refractivity contribution in [3.05, 3.63) is 100 Å². The Hall–Kier alpha value is -3.79. The Morgan fingerprint density at radius 1 is 1.03 bits per heavy atom. The number of nitrogens with zero attached hydrogens (tertiary/aromatic N) is 1. The summed E-state index contributed by atoms with van der Waals surface area (Å²) in [4.78, 5) is 13.1. The number of benzene rings is 3. The zero-order valence-electron chi connectivity index (χ0n) is 18.5. The second kappa shape index (κ2) is 8.04. The van der Waals surface area contributed by atoms with Crippen molar-refractivity contribution in [3.63, 3.8) is 0 Å². The van der Waals surface area contributed by atoms with Gasteiger partial charge >= 0.3 is 0 Å². The van der Waals surface area contributed by atoms with Crippen molar-refractivity contribution >= 4 is 22.8 Å². The minimum atomic E-state index is -0.0871. The highest BCUT2D eigenvalue weighted by atomic mass is 16.5. The quantitative estimate of drug-likeness (QED) is 0.345. The highest BCUT2D eigenvalue weighted by Gasteiger charge is 2.30. The van der Waals surface area contributed by atoms with Crippen molar-refractivity contribution in [1.82, 2.24) is 4.57 Å². The number of carbonyl (C=O) groups excluding carboxylic acids is 1. The lowest BCUT2D eigenvalue weighted by Crippen LogP contribution is -2.00. The molecule has 0 bridgehead atoms. The second-order valence-electron chi connectivity index (χ2n) is 8.21. The Morgan fingerprint density at radius 2 is 1.81 bits per heavy atom. The van der Waals surface area contributed by atoms with Gasteiger partial charge in [0.25, 0.3) is 0 Å². The van der Waals surface area contributed by atoms with E-state index in [1.807, 2.05) is 37.3 Å². The molecule has 32 heavy (non-hydrogen) atoms. The van der Waals surface area contributed by atoms with Gasteiger partial charge in [-0.15, -0.1) is 0 Å². The number of hydrogen-bond donors (Lipinski definition) is 0. The number of Topliss-reactive ketones (excluding diaryl/α,β-unsaturated/α-hetero) is 1. The van der Waals surface area contributed by atoms with Crippen molar-refractivity contribution in [1.29, 1.82) is 0 Å². The van der Waals surface area contributed by atoms with E-state index in [1.165, 1.54) is 5.56 Å². The van der Waals surface area contributed by atoms with Gasteiger partial charge in [0.1, 0.15) is 18.1 Å². The van der Waals surface area contributed by atoms with E-state index >= 15 is 0 Å². The Bertz CT molecular complexity index is 1360. The molecule has 160 valence electrons. The van der Waals surface area contributed by atoms with Crippen LogP contribution in [0.1, 0.15) is 39.5 Å². The number of ketones is 1. The van der Waals surface area contributed by atoms with Gasteiger partial charge in [0, 0.05) is 35.3 Å². The van der Waals surface area contributed by atoms with Gasteiger partial charge in [-0.1, -0.05) is 48.0 Å². The molecule has 0 aliphatic carbocycles. The lowest BCUT2D eigenvalue weighted by Gasteiger charge is -2.09. The van der Waals surface area contributed by atoms with Gasteiger partial charge in [-0.25, -0.2) is 0 Å². The van der Waals surface area contributed by atoms with Crippen molar-refractivity contribution in [2.24, 2.45) is 0 Å². The molecule has 4 aromatic rings. The zero-order valence-corrected chi connectivity index (χ0v) is 18.5. The van der Waals surface area contributed by atoms with E-state index in [2.05, 4.69) is 61.0 Å². The molecule has 1 aliphatic rings. The standard InChI is InChI=1S/C28H25NO3/c1-4-29-16-21(23-7-5-6-8-24(23)29)14-26-28(30)27-19(3)13-22(15-25(27)32-26)31-17-20-11-9-18(2)10-12-20/h5-16H,4,17H2,1-3H3/b26-14-. The number of rotatable bonds is 5. The fraction of sp³-hybridized carbons (Fsp3) is 0.179. The summed E-state index contributed by atoms with van der Waals surface area (Å²) in [6.45, 7) is 7.42. The average molecular weight is 424 g/mol. The molecule has 1 aliphatic heterocycles. The van der Waals surface area contributed by atoms with Crippen molar-refractivity contribution in [2.45, 2.75) is 33.9 Å². The first kappa shape index (κ1) is 20.1. The molecule has 0 saturated heterocycles. The van der Waals surface area contributed by atoms with E-state index in [4.69, 9.17) is 9.47 Å². The third kappa shape index (κ3) is 3.58.